The number of carbonyl (C=O) groups is 1. The Morgan fingerprint density at radius 3 is 2.62 bits per heavy atom. The molecule has 1 unspecified atom stereocenters. The highest BCUT2D eigenvalue weighted by Crippen LogP contribution is 2.18. The molecule has 2 heteroatoms. The molecule has 76 valence electrons. The molecule has 0 aromatic carbocycles. The van der Waals surface area contributed by atoms with Crippen LogP contribution in [0, 0.1) is 0 Å². The van der Waals surface area contributed by atoms with Crippen molar-refractivity contribution in [3.8, 4) is 0 Å². The van der Waals surface area contributed by atoms with Crippen LogP contribution in [0.25, 0.3) is 0 Å². The van der Waals surface area contributed by atoms with Crippen LogP contribution in [0.2, 0.25) is 0 Å². The van der Waals surface area contributed by atoms with Gasteiger partial charge in [0, 0.05) is 0 Å². The van der Waals surface area contributed by atoms with Crippen LogP contribution in [-0.2, 0) is 4.79 Å². The van der Waals surface area contributed by atoms with Crippen molar-refractivity contribution in [2.24, 2.45) is 0 Å². The fourth-order valence-corrected chi connectivity index (χ4v) is 1.24. The number of hydrogen-bond donors (Lipinski definition) is 1. The van der Waals surface area contributed by atoms with Crippen molar-refractivity contribution in [3.05, 3.63) is 12.2 Å². The number of rotatable bonds is 7. The first-order valence-corrected chi connectivity index (χ1v) is 4.95. The monoisotopic (exact) mass is 184 g/mol. The van der Waals surface area contributed by atoms with Gasteiger partial charge in [-0.2, -0.15) is 0 Å². The molecule has 0 aliphatic carbocycles. The van der Waals surface area contributed by atoms with Crippen molar-refractivity contribution in [1.29, 1.82) is 0 Å². The Labute approximate surface area is 80.7 Å². The second kappa shape index (κ2) is 6.84. The molecule has 0 heterocycles. The Morgan fingerprint density at radius 1 is 1.38 bits per heavy atom. The van der Waals surface area contributed by atoms with Crippen LogP contribution in [0.3, 0.4) is 0 Å². The van der Waals surface area contributed by atoms with E-state index in [0.29, 0.717) is 6.42 Å². The summed E-state index contributed by atoms with van der Waals surface area (Å²) in [6.45, 7) is 3.96. The molecule has 0 aromatic heterocycles. The van der Waals surface area contributed by atoms with E-state index in [1.807, 2.05) is 6.92 Å². The van der Waals surface area contributed by atoms with Gasteiger partial charge in [-0.05, 0) is 25.8 Å². The molecule has 0 saturated heterocycles. The fourth-order valence-electron chi connectivity index (χ4n) is 1.24. The van der Waals surface area contributed by atoms with Gasteiger partial charge in [-0.1, -0.05) is 32.3 Å². The van der Waals surface area contributed by atoms with Crippen LogP contribution in [-0.4, -0.2) is 17.0 Å². The minimum Gasteiger partial charge on any atom is -0.390 e. The van der Waals surface area contributed by atoms with Gasteiger partial charge in [0.15, 0.2) is 0 Å². The molecule has 1 N–H and O–H groups in total. The third-order valence-electron chi connectivity index (χ3n) is 2.09. The molecule has 0 saturated carbocycles. The molecule has 0 aliphatic heterocycles. The number of aliphatic hydroxyl groups is 1. The number of aldehydes is 1. The van der Waals surface area contributed by atoms with Crippen molar-refractivity contribution in [2.75, 3.05) is 0 Å². The quantitative estimate of drug-likeness (QED) is 0.375. The first-order chi connectivity index (χ1) is 6.12. The number of unbranched alkanes of at least 4 members (excludes halogenated alkanes) is 2. The van der Waals surface area contributed by atoms with Gasteiger partial charge in [0.25, 0.3) is 0 Å². The maximum Gasteiger partial charge on any atom is 0.142 e. The minimum absolute atomic E-state index is 0.565. The first kappa shape index (κ1) is 12.4. The van der Waals surface area contributed by atoms with Crippen molar-refractivity contribution in [1.82, 2.24) is 0 Å². The molecule has 0 aromatic rings. The summed E-state index contributed by atoms with van der Waals surface area (Å²) in [4.78, 5) is 9.98. The van der Waals surface area contributed by atoms with Crippen LogP contribution in [0.4, 0.5) is 0 Å². The summed E-state index contributed by atoms with van der Waals surface area (Å²) in [7, 11) is 0. The molecule has 1 atom stereocenters. The number of hydrogen-bond acceptors (Lipinski definition) is 2. The Bertz CT molecular complexity index is 159. The fraction of sp³-hybridized carbons (Fsp3) is 0.727. The highest BCUT2D eigenvalue weighted by atomic mass is 16.3. The first-order valence-electron chi connectivity index (χ1n) is 4.95. The van der Waals surface area contributed by atoms with Gasteiger partial charge in [0.1, 0.15) is 6.29 Å². The molecule has 0 spiro atoms. The number of carbonyl (C=O) groups excluding carboxylic acids is 1. The van der Waals surface area contributed by atoms with Gasteiger partial charge < -0.3 is 5.11 Å². The Morgan fingerprint density at radius 2 is 2.08 bits per heavy atom. The molecule has 2 nitrogen and oxygen atoms in total. The third kappa shape index (κ3) is 7.72. The third-order valence-corrected chi connectivity index (χ3v) is 2.09. The van der Waals surface area contributed by atoms with Crippen molar-refractivity contribution in [2.45, 2.75) is 51.6 Å². The van der Waals surface area contributed by atoms with Crippen LogP contribution < -0.4 is 0 Å². The van der Waals surface area contributed by atoms with Crippen molar-refractivity contribution in [3.63, 3.8) is 0 Å². The molecule has 0 aliphatic rings. The van der Waals surface area contributed by atoms with Gasteiger partial charge in [0.2, 0.25) is 0 Å². The lowest BCUT2D eigenvalue weighted by atomic mass is 9.95. The topological polar surface area (TPSA) is 37.3 Å². The summed E-state index contributed by atoms with van der Waals surface area (Å²) in [5, 5.41) is 9.80. The molecular weight excluding hydrogens is 164 g/mol. The summed E-state index contributed by atoms with van der Waals surface area (Å²) in [6, 6.07) is 0. The molecule has 13 heavy (non-hydrogen) atoms. The van der Waals surface area contributed by atoms with Gasteiger partial charge in [-0.25, -0.2) is 0 Å². The SMILES string of the molecule is CCCCCC(C)(O)C/C=C/C=O. The maximum atomic E-state index is 9.98. The lowest BCUT2D eigenvalue weighted by molar-refractivity contribution is -0.104. The molecule has 0 rings (SSSR count). The van der Waals surface area contributed by atoms with Crippen LogP contribution in [0.5, 0.6) is 0 Å². The second-order valence-electron chi connectivity index (χ2n) is 3.72. The lowest BCUT2D eigenvalue weighted by Crippen LogP contribution is -2.22. The van der Waals surface area contributed by atoms with E-state index in [1.54, 1.807) is 6.08 Å². The van der Waals surface area contributed by atoms with E-state index in [9.17, 15) is 9.90 Å². The molecule has 0 fully saturated rings. The Hall–Kier alpha value is -0.630. The van der Waals surface area contributed by atoms with Crippen LogP contribution in [0.1, 0.15) is 46.0 Å². The van der Waals surface area contributed by atoms with E-state index in [0.717, 1.165) is 25.5 Å². The summed E-state index contributed by atoms with van der Waals surface area (Å²) in [5.41, 5.74) is -0.644. The van der Waals surface area contributed by atoms with E-state index in [-0.39, 0.29) is 0 Å². The average Bonchev–Trinajstić information content (AvgIpc) is 2.05. The van der Waals surface area contributed by atoms with Crippen LogP contribution >= 0.6 is 0 Å². The predicted octanol–water partition coefficient (Wildman–Crippen LogP) is 2.46. The number of allylic oxidation sites excluding steroid dienone is 1. The maximum absolute atomic E-state index is 9.98. The molecular formula is C11H20O2. The zero-order valence-corrected chi connectivity index (χ0v) is 8.62. The molecule has 0 bridgehead atoms. The lowest BCUT2D eigenvalue weighted by Gasteiger charge is -2.21. The van der Waals surface area contributed by atoms with Crippen molar-refractivity contribution >= 4 is 6.29 Å². The van der Waals surface area contributed by atoms with Gasteiger partial charge in [0.05, 0.1) is 5.60 Å². The highest BCUT2D eigenvalue weighted by Gasteiger charge is 2.17. The second-order valence-corrected chi connectivity index (χ2v) is 3.72. The van der Waals surface area contributed by atoms with Crippen LogP contribution in [0.15, 0.2) is 12.2 Å². The smallest absolute Gasteiger partial charge is 0.142 e. The highest BCUT2D eigenvalue weighted by molar-refractivity contribution is 5.64. The van der Waals surface area contributed by atoms with E-state index >= 15 is 0 Å². The average molecular weight is 184 g/mol. The minimum atomic E-state index is -0.644. The normalized spacial score (nSPS) is 15.9. The summed E-state index contributed by atoms with van der Waals surface area (Å²) in [5.74, 6) is 0. The van der Waals surface area contributed by atoms with E-state index in [1.165, 1.54) is 12.5 Å². The Kier molecular flexibility index (Phi) is 6.51. The zero-order chi connectivity index (χ0) is 10.2. The van der Waals surface area contributed by atoms with E-state index in [2.05, 4.69) is 6.92 Å². The largest absolute Gasteiger partial charge is 0.390 e. The Balaban J connectivity index is 3.65. The molecule has 0 radical (unpaired) electrons. The summed E-state index contributed by atoms with van der Waals surface area (Å²) < 4.78 is 0. The molecule has 0 amide bonds. The van der Waals surface area contributed by atoms with Gasteiger partial charge in [-0.3, -0.25) is 4.79 Å². The van der Waals surface area contributed by atoms with Gasteiger partial charge >= 0.3 is 0 Å². The van der Waals surface area contributed by atoms with Crippen molar-refractivity contribution < 1.29 is 9.90 Å². The predicted molar refractivity (Wildman–Crippen MR) is 54.6 cm³/mol. The van der Waals surface area contributed by atoms with E-state index in [4.69, 9.17) is 0 Å². The standard InChI is InChI=1S/C11H20O2/c1-3-4-5-8-11(2,13)9-6-7-10-12/h6-7,10,13H,3-5,8-9H2,1-2H3/b7-6+. The summed E-state index contributed by atoms with van der Waals surface area (Å²) in [6.07, 6.45) is 8.65. The zero-order valence-electron chi connectivity index (χ0n) is 8.62. The van der Waals surface area contributed by atoms with Gasteiger partial charge in [-0.15, -0.1) is 0 Å². The van der Waals surface area contributed by atoms with E-state index < -0.39 is 5.60 Å². The summed E-state index contributed by atoms with van der Waals surface area (Å²) >= 11 is 0.